The number of aryl methyl sites for hydroxylation is 1. The number of nitrogens with zero attached hydrogens (tertiary/aromatic N) is 2. The van der Waals surface area contributed by atoms with Gasteiger partial charge in [0.1, 0.15) is 10.8 Å². The van der Waals surface area contributed by atoms with Crippen LogP contribution in [0.15, 0.2) is 12.1 Å². The first-order valence-corrected chi connectivity index (χ1v) is 5.73. The highest BCUT2D eigenvalue weighted by Crippen LogP contribution is 2.37. The fraction of sp³-hybridized carbons (Fsp3) is 0.167. The Morgan fingerprint density at radius 2 is 2.10 bits per heavy atom. The van der Waals surface area contributed by atoms with Gasteiger partial charge in [-0.1, -0.05) is 11.6 Å². The van der Waals surface area contributed by atoms with Crippen LogP contribution in [0.1, 0.15) is 10.5 Å². The highest BCUT2D eigenvalue weighted by atomic mass is 35.5. The molecule has 20 heavy (non-hydrogen) atoms. The van der Waals surface area contributed by atoms with Gasteiger partial charge in [-0.25, -0.2) is 13.6 Å². The van der Waals surface area contributed by atoms with E-state index in [9.17, 15) is 13.6 Å². The van der Waals surface area contributed by atoms with Gasteiger partial charge >= 0.3 is 5.97 Å². The number of carboxylic acid groups (broad SMARTS) is 1. The molecule has 1 aromatic carbocycles. The molecule has 0 atom stereocenters. The summed E-state index contributed by atoms with van der Waals surface area (Å²) in [4.78, 5) is 10.9. The number of halogens is 3. The summed E-state index contributed by atoms with van der Waals surface area (Å²) >= 11 is 5.47. The van der Waals surface area contributed by atoms with Crippen LogP contribution in [0.3, 0.4) is 0 Å². The maximum absolute atomic E-state index is 13.9. The average molecular weight is 303 g/mol. The Balaban J connectivity index is 2.72. The van der Waals surface area contributed by atoms with Gasteiger partial charge in [0.25, 0.3) is 0 Å². The number of ether oxygens (including phenoxy) is 1. The highest BCUT2D eigenvalue weighted by molar-refractivity contribution is 6.31. The van der Waals surface area contributed by atoms with Crippen LogP contribution in [0.25, 0.3) is 11.3 Å². The number of benzene rings is 1. The number of hydrogen-bond donors (Lipinski definition) is 1. The molecule has 0 aliphatic rings. The van der Waals surface area contributed by atoms with Gasteiger partial charge in [0.05, 0.1) is 12.8 Å². The standard InChI is InChI=1S/C12H9ClF2N2O3/c1-17-8(4-7(16-17)12(18)19)5-3-6(14)9(13)10(15)11(5)20-2/h3-4H,1-2H3,(H,18,19). The molecule has 0 amide bonds. The van der Waals surface area contributed by atoms with Gasteiger partial charge < -0.3 is 9.84 Å². The molecule has 0 saturated heterocycles. The zero-order chi connectivity index (χ0) is 15.0. The normalized spacial score (nSPS) is 10.7. The van der Waals surface area contributed by atoms with Crippen molar-refractivity contribution in [3.63, 3.8) is 0 Å². The second-order valence-corrected chi connectivity index (χ2v) is 4.29. The van der Waals surface area contributed by atoms with Crippen molar-refractivity contribution in [2.45, 2.75) is 0 Å². The summed E-state index contributed by atoms with van der Waals surface area (Å²) in [7, 11) is 2.65. The van der Waals surface area contributed by atoms with E-state index in [1.54, 1.807) is 0 Å². The molecule has 0 bridgehead atoms. The van der Waals surface area contributed by atoms with Gasteiger partial charge in [0.2, 0.25) is 0 Å². The first-order chi connectivity index (χ1) is 9.36. The number of aromatic nitrogens is 2. The van der Waals surface area contributed by atoms with E-state index in [0.29, 0.717) is 0 Å². The van der Waals surface area contributed by atoms with Crippen molar-refractivity contribution >= 4 is 17.6 Å². The number of methoxy groups -OCH3 is 1. The molecule has 2 rings (SSSR count). The number of hydrogen-bond acceptors (Lipinski definition) is 3. The minimum absolute atomic E-state index is 0.0226. The van der Waals surface area contributed by atoms with Gasteiger partial charge in [-0.15, -0.1) is 0 Å². The zero-order valence-electron chi connectivity index (χ0n) is 10.4. The lowest BCUT2D eigenvalue weighted by atomic mass is 10.1. The molecule has 106 valence electrons. The molecule has 0 radical (unpaired) electrons. The molecule has 0 fully saturated rings. The van der Waals surface area contributed by atoms with Gasteiger partial charge in [-0.2, -0.15) is 5.10 Å². The van der Waals surface area contributed by atoms with E-state index in [-0.39, 0.29) is 22.7 Å². The van der Waals surface area contributed by atoms with Crippen LogP contribution in [0.5, 0.6) is 5.75 Å². The lowest BCUT2D eigenvalue weighted by molar-refractivity contribution is 0.0689. The van der Waals surface area contributed by atoms with Crippen molar-refractivity contribution in [2.75, 3.05) is 7.11 Å². The van der Waals surface area contributed by atoms with Gasteiger partial charge in [0.15, 0.2) is 17.3 Å². The van der Waals surface area contributed by atoms with E-state index in [1.807, 2.05) is 0 Å². The number of carboxylic acids is 1. The van der Waals surface area contributed by atoms with E-state index >= 15 is 0 Å². The Hall–Kier alpha value is -2.15. The third-order valence-corrected chi connectivity index (χ3v) is 3.04. The minimum Gasteiger partial charge on any atom is -0.493 e. The Kier molecular flexibility index (Phi) is 3.63. The van der Waals surface area contributed by atoms with Crippen molar-refractivity contribution in [1.82, 2.24) is 9.78 Å². The largest absolute Gasteiger partial charge is 0.493 e. The smallest absolute Gasteiger partial charge is 0.356 e. The van der Waals surface area contributed by atoms with Crippen molar-refractivity contribution in [2.24, 2.45) is 7.05 Å². The van der Waals surface area contributed by atoms with E-state index in [1.165, 1.54) is 24.9 Å². The maximum atomic E-state index is 13.9. The summed E-state index contributed by atoms with van der Waals surface area (Å²) in [5, 5.41) is 11.9. The Bertz CT molecular complexity index is 700. The minimum atomic E-state index is -1.25. The Labute approximate surface area is 117 Å². The maximum Gasteiger partial charge on any atom is 0.356 e. The molecule has 8 heteroatoms. The summed E-state index contributed by atoms with van der Waals surface area (Å²) < 4.78 is 33.5. The lowest BCUT2D eigenvalue weighted by Gasteiger charge is -2.11. The Morgan fingerprint density at radius 1 is 1.45 bits per heavy atom. The number of rotatable bonds is 3. The second-order valence-electron chi connectivity index (χ2n) is 3.91. The first-order valence-electron chi connectivity index (χ1n) is 5.36. The quantitative estimate of drug-likeness (QED) is 0.885. The topological polar surface area (TPSA) is 64.3 Å². The monoisotopic (exact) mass is 302 g/mol. The average Bonchev–Trinajstić information content (AvgIpc) is 2.78. The fourth-order valence-corrected chi connectivity index (χ4v) is 1.93. The molecular formula is C12H9ClF2N2O3. The van der Waals surface area contributed by atoms with Crippen molar-refractivity contribution in [1.29, 1.82) is 0 Å². The van der Waals surface area contributed by atoms with E-state index in [2.05, 4.69) is 5.10 Å². The SMILES string of the molecule is COc1c(-c2cc(C(=O)O)nn2C)cc(F)c(Cl)c1F. The number of carbonyl (C=O) groups is 1. The summed E-state index contributed by atoms with van der Waals surface area (Å²) in [5.41, 5.74) is -0.0385. The number of aromatic carboxylic acids is 1. The van der Waals surface area contributed by atoms with Crippen LogP contribution in [-0.4, -0.2) is 28.0 Å². The summed E-state index contributed by atoms with van der Waals surface area (Å²) in [5.74, 6) is -3.56. The fourth-order valence-electron chi connectivity index (χ4n) is 1.79. The molecule has 0 aliphatic heterocycles. The van der Waals surface area contributed by atoms with Crippen LogP contribution >= 0.6 is 11.6 Å². The molecule has 0 spiro atoms. The van der Waals surface area contributed by atoms with Gasteiger partial charge in [-0.3, -0.25) is 4.68 Å². The summed E-state index contributed by atoms with van der Waals surface area (Å²) in [6.07, 6.45) is 0. The van der Waals surface area contributed by atoms with Crippen LogP contribution in [0.4, 0.5) is 8.78 Å². The Morgan fingerprint density at radius 3 is 2.60 bits per heavy atom. The predicted molar refractivity (Wildman–Crippen MR) is 67.1 cm³/mol. The predicted octanol–water partition coefficient (Wildman–Crippen LogP) is 2.73. The van der Waals surface area contributed by atoms with Crippen LogP contribution in [0.2, 0.25) is 5.02 Å². The summed E-state index contributed by atoms with van der Waals surface area (Å²) in [6, 6.07) is 2.15. The zero-order valence-corrected chi connectivity index (χ0v) is 11.2. The van der Waals surface area contributed by atoms with Crippen LogP contribution in [-0.2, 0) is 7.05 Å². The van der Waals surface area contributed by atoms with Crippen molar-refractivity contribution < 1.29 is 23.4 Å². The van der Waals surface area contributed by atoms with E-state index in [4.69, 9.17) is 21.4 Å². The molecule has 1 aromatic heterocycles. The second kappa shape index (κ2) is 5.09. The van der Waals surface area contributed by atoms with Crippen LogP contribution in [0, 0.1) is 11.6 Å². The molecule has 5 nitrogen and oxygen atoms in total. The van der Waals surface area contributed by atoms with Crippen molar-refractivity contribution in [3.8, 4) is 17.0 Å². The van der Waals surface area contributed by atoms with Crippen LogP contribution < -0.4 is 4.74 Å². The molecule has 2 aromatic rings. The van der Waals surface area contributed by atoms with E-state index in [0.717, 1.165) is 6.07 Å². The molecular weight excluding hydrogens is 294 g/mol. The summed E-state index contributed by atoms with van der Waals surface area (Å²) in [6.45, 7) is 0. The first kappa shape index (κ1) is 14.3. The molecule has 0 aliphatic carbocycles. The van der Waals surface area contributed by atoms with Crippen molar-refractivity contribution in [3.05, 3.63) is 34.5 Å². The third-order valence-electron chi connectivity index (χ3n) is 2.70. The van der Waals surface area contributed by atoms with E-state index < -0.39 is 22.6 Å². The molecule has 1 heterocycles. The van der Waals surface area contributed by atoms with Gasteiger partial charge in [0, 0.05) is 12.6 Å². The molecule has 0 saturated carbocycles. The lowest BCUT2D eigenvalue weighted by Crippen LogP contribution is -2.01. The molecule has 1 N–H and O–H groups in total. The highest BCUT2D eigenvalue weighted by Gasteiger charge is 2.22. The third kappa shape index (κ3) is 2.20. The molecule has 0 unspecified atom stereocenters. The van der Waals surface area contributed by atoms with Gasteiger partial charge in [-0.05, 0) is 12.1 Å².